The van der Waals surface area contributed by atoms with Gasteiger partial charge in [-0.25, -0.2) is 4.79 Å². The Labute approximate surface area is 154 Å². The van der Waals surface area contributed by atoms with Gasteiger partial charge in [0.1, 0.15) is 5.54 Å². The maximum absolute atomic E-state index is 13.3. The molecule has 1 spiro atoms. The van der Waals surface area contributed by atoms with E-state index in [1.165, 1.54) is 0 Å². The van der Waals surface area contributed by atoms with Gasteiger partial charge < -0.3 is 25.1 Å². The molecular weight excluding hydrogens is 332 g/mol. The van der Waals surface area contributed by atoms with Gasteiger partial charge in [-0.2, -0.15) is 0 Å². The number of aromatic carboxylic acids is 1. The molecule has 3 rings (SSSR count). The van der Waals surface area contributed by atoms with Crippen LogP contribution in [0.1, 0.15) is 28.8 Å². The molecule has 2 fully saturated rings. The number of carbonyl (C=O) groups excluding carboxylic acids is 1. The van der Waals surface area contributed by atoms with Crippen molar-refractivity contribution in [2.75, 3.05) is 51.8 Å². The van der Waals surface area contributed by atoms with Gasteiger partial charge >= 0.3 is 5.97 Å². The molecule has 2 heterocycles. The van der Waals surface area contributed by atoms with E-state index in [-0.39, 0.29) is 5.91 Å². The van der Waals surface area contributed by atoms with Crippen LogP contribution in [0.5, 0.6) is 0 Å². The van der Waals surface area contributed by atoms with Crippen LogP contribution >= 0.6 is 0 Å². The van der Waals surface area contributed by atoms with Crippen molar-refractivity contribution in [2.45, 2.75) is 25.3 Å². The fraction of sp³-hybridized carbons (Fsp3) is 0.579. The van der Waals surface area contributed by atoms with Gasteiger partial charge in [0.15, 0.2) is 0 Å². The first-order valence-electron chi connectivity index (χ1n) is 9.11. The van der Waals surface area contributed by atoms with Gasteiger partial charge in [-0.05, 0) is 70.7 Å². The summed E-state index contributed by atoms with van der Waals surface area (Å²) in [6.07, 6.45) is 1.54. The van der Waals surface area contributed by atoms with E-state index in [1.54, 1.807) is 6.07 Å². The minimum atomic E-state index is -0.921. The van der Waals surface area contributed by atoms with Crippen molar-refractivity contribution in [1.82, 2.24) is 15.1 Å². The molecule has 7 heteroatoms. The van der Waals surface area contributed by atoms with Crippen molar-refractivity contribution in [1.29, 1.82) is 0 Å². The number of carboxylic acid groups (broad SMARTS) is 1. The highest BCUT2D eigenvalue weighted by molar-refractivity contribution is 5.94. The van der Waals surface area contributed by atoms with Crippen LogP contribution in [-0.4, -0.2) is 79.3 Å². The molecule has 0 bridgehead atoms. The van der Waals surface area contributed by atoms with Crippen LogP contribution in [0.15, 0.2) is 18.2 Å². The highest BCUT2D eigenvalue weighted by Gasteiger charge is 2.52. The summed E-state index contributed by atoms with van der Waals surface area (Å²) in [5, 5.41) is 12.6. The Hall–Kier alpha value is -2.12. The number of aryl methyl sites for hydroxylation is 1. The summed E-state index contributed by atoms with van der Waals surface area (Å²) >= 11 is 0. The third-order valence-corrected chi connectivity index (χ3v) is 5.51. The van der Waals surface area contributed by atoms with Crippen LogP contribution in [0.25, 0.3) is 0 Å². The number of carboxylic acids is 1. The Morgan fingerprint density at radius 1 is 1.31 bits per heavy atom. The molecule has 142 valence electrons. The van der Waals surface area contributed by atoms with Gasteiger partial charge in [-0.1, -0.05) is 0 Å². The zero-order valence-electron chi connectivity index (χ0n) is 15.8. The van der Waals surface area contributed by atoms with Gasteiger partial charge in [0, 0.05) is 18.8 Å². The smallest absolute Gasteiger partial charge is 0.335 e. The number of amides is 1. The van der Waals surface area contributed by atoms with Crippen LogP contribution in [0, 0.1) is 6.92 Å². The van der Waals surface area contributed by atoms with Crippen LogP contribution in [0.4, 0.5) is 5.69 Å². The zero-order chi connectivity index (χ0) is 18.9. The van der Waals surface area contributed by atoms with Crippen LogP contribution in [-0.2, 0) is 4.79 Å². The van der Waals surface area contributed by atoms with Crippen LogP contribution in [0.3, 0.4) is 0 Å². The fourth-order valence-corrected chi connectivity index (χ4v) is 3.98. The minimum Gasteiger partial charge on any atom is -0.478 e. The molecule has 0 radical (unpaired) electrons. The van der Waals surface area contributed by atoms with E-state index in [0.29, 0.717) is 18.8 Å². The van der Waals surface area contributed by atoms with Crippen LogP contribution < -0.4 is 10.2 Å². The fourth-order valence-electron chi connectivity index (χ4n) is 3.98. The Bertz CT molecular complexity index is 698. The first kappa shape index (κ1) is 18.7. The van der Waals surface area contributed by atoms with E-state index in [1.807, 2.05) is 38.1 Å². The number of piperidine rings is 1. The lowest BCUT2D eigenvalue weighted by molar-refractivity contribution is -0.133. The Morgan fingerprint density at radius 2 is 2.00 bits per heavy atom. The van der Waals surface area contributed by atoms with E-state index in [9.17, 15) is 14.7 Å². The quantitative estimate of drug-likeness (QED) is 0.815. The molecule has 1 aromatic carbocycles. The second kappa shape index (κ2) is 7.25. The molecule has 1 aromatic rings. The summed E-state index contributed by atoms with van der Waals surface area (Å²) in [6, 6.07) is 5.38. The average Bonchev–Trinajstić information content (AvgIpc) is 2.86. The zero-order valence-corrected chi connectivity index (χ0v) is 15.8. The molecule has 0 saturated carbocycles. The number of nitrogens with one attached hydrogen (secondary N) is 1. The second-order valence-corrected chi connectivity index (χ2v) is 7.53. The number of hydrogen-bond donors (Lipinski definition) is 2. The van der Waals surface area contributed by atoms with Crippen molar-refractivity contribution < 1.29 is 14.7 Å². The predicted molar refractivity (Wildman–Crippen MR) is 101 cm³/mol. The molecule has 2 aliphatic rings. The molecule has 0 atom stereocenters. The number of likely N-dealkylation sites (N-methyl/N-ethyl adjacent to an activating group) is 1. The van der Waals surface area contributed by atoms with Gasteiger partial charge in [0.2, 0.25) is 5.91 Å². The van der Waals surface area contributed by atoms with Gasteiger partial charge in [0.25, 0.3) is 0 Å². The Morgan fingerprint density at radius 3 is 2.58 bits per heavy atom. The molecular formula is C19H28N4O3. The molecule has 1 amide bonds. The highest BCUT2D eigenvalue weighted by atomic mass is 16.4. The Kier molecular flexibility index (Phi) is 5.20. The SMILES string of the molecule is Cc1cc(N2CN(CCN(C)C)C(=O)C23CCNCC3)ccc1C(=O)O. The summed E-state index contributed by atoms with van der Waals surface area (Å²) in [7, 11) is 4.01. The van der Waals surface area contributed by atoms with E-state index in [4.69, 9.17) is 0 Å². The van der Waals surface area contributed by atoms with Gasteiger partial charge in [0.05, 0.1) is 12.2 Å². The lowest BCUT2D eigenvalue weighted by Gasteiger charge is -2.40. The molecule has 26 heavy (non-hydrogen) atoms. The summed E-state index contributed by atoms with van der Waals surface area (Å²) in [5.41, 5.74) is 1.44. The lowest BCUT2D eigenvalue weighted by Crippen LogP contribution is -2.55. The third-order valence-electron chi connectivity index (χ3n) is 5.51. The number of benzene rings is 1. The average molecular weight is 360 g/mol. The molecule has 2 aliphatic heterocycles. The third kappa shape index (κ3) is 3.29. The summed E-state index contributed by atoms with van der Waals surface area (Å²) in [5.74, 6) is -0.725. The van der Waals surface area contributed by atoms with Gasteiger partial charge in [-0.3, -0.25) is 4.79 Å². The van der Waals surface area contributed by atoms with Crippen LogP contribution in [0.2, 0.25) is 0 Å². The van der Waals surface area contributed by atoms with Crippen molar-refractivity contribution in [2.24, 2.45) is 0 Å². The number of anilines is 1. The number of carbonyl (C=O) groups is 2. The molecule has 0 unspecified atom stereocenters. The predicted octanol–water partition coefficient (Wildman–Crippen LogP) is 0.983. The second-order valence-electron chi connectivity index (χ2n) is 7.53. The number of nitrogens with zero attached hydrogens (tertiary/aromatic N) is 3. The number of rotatable bonds is 5. The van der Waals surface area contributed by atoms with E-state index in [0.717, 1.165) is 43.7 Å². The monoisotopic (exact) mass is 360 g/mol. The molecule has 2 saturated heterocycles. The standard InChI is InChI=1S/C19H28N4O3/c1-14-12-15(4-5-16(14)17(24)25)23-13-22(11-10-21(2)3)18(26)19(23)6-8-20-9-7-19/h4-5,12,20H,6-11,13H2,1-3H3,(H,24,25). The minimum absolute atomic E-state index is 0.195. The van der Waals surface area contributed by atoms with Crippen molar-refractivity contribution in [3.05, 3.63) is 29.3 Å². The van der Waals surface area contributed by atoms with E-state index < -0.39 is 11.5 Å². The Balaban J connectivity index is 1.93. The maximum Gasteiger partial charge on any atom is 0.335 e. The van der Waals surface area contributed by atoms with E-state index in [2.05, 4.69) is 15.1 Å². The molecule has 7 nitrogen and oxygen atoms in total. The summed E-state index contributed by atoms with van der Waals surface area (Å²) in [4.78, 5) is 30.8. The molecule has 0 aromatic heterocycles. The number of hydrogen-bond acceptors (Lipinski definition) is 5. The highest BCUT2D eigenvalue weighted by Crippen LogP contribution is 2.38. The largest absolute Gasteiger partial charge is 0.478 e. The first-order chi connectivity index (χ1) is 12.3. The van der Waals surface area contributed by atoms with E-state index >= 15 is 0 Å². The molecule has 0 aliphatic carbocycles. The first-order valence-corrected chi connectivity index (χ1v) is 9.11. The lowest BCUT2D eigenvalue weighted by atomic mass is 9.86. The summed E-state index contributed by atoms with van der Waals surface area (Å²) in [6.45, 7) is 5.52. The normalized spacial score (nSPS) is 19.6. The van der Waals surface area contributed by atoms with Crippen molar-refractivity contribution in [3.63, 3.8) is 0 Å². The summed E-state index contributed by atoms with van der Waals surface area (Å²) < 4.78 is 0. The van der Waals surface area contributed by atoms with Crippen molar-refractivity contribution >= 4 is 17.6 Å². The van der Waals surface area contributed by atoms with Gasteiger partial charge in [-0.15, -0.1) is 0 Å². The molecule has 2 N–H and O–H groups in total. The maximum atomic E-state index is 13.3. The van der Waals surface area contributed by atoms with Crippen molar-refractivity contribution in [3.8, 4) is 0 Å². The topological polar surface area (TPSA) is 76.1 Å².